The van der Waals surface area contributed by atoms with Crippen molar-refractivity contribution in [2.45, 2.75) is 53.4 Å². The minimum atomic E-state index is 0.371. The van der Waals surface area contributed by atoms with Crippen LogP contribution in [0.3, 0.4) is 0 Å². The summed E-state index contributed by atoms with van der Waals surface area (Å²) in [7, 11) is 0. The van der Waals surface area contributed by atoms with E-state index in [9.17, 15) is 0 Å². The summed E-state index contributed by atoms with van der Waals surface area (Å²) in [4.78, 5) is 7.67. The molecule has 0 radical (unpaired) electrons. The van der Waals surface area contributed by atoms with Crippen molar-refractivity contribution in [1.29, 1.82) is 0 Å². The molecule has 0 bridgehead atoms. The third-order valence-corrected chi connectivity index (χ3v) is 8.25. The molecule has 31 heavy (non-hydrogen) atoms. The maximum Gasteiger partial charge on any atom is 0.0758 e. The van der Waals surface area contributed by atoms with Crippen LogP contribution in [0.5, 0.6) is 0 Å². The SMILES string of the molecule is CCCCCCSC(CC(Sc1ccccc1)Sc1ccccc1)=Nc1ccccc1. The summed E-state index contributed by atoms with van der Waals surface area (Å²) in [5.74, 6) is 1.14. The van der Waals surface area contributed by atoms with Crippen molar-refractivity contribution < 1.29 is 0 Å². The van der Waals surface area contributed by atoms with Gasteiger partial charge in [0.05, 0.1) is 15.3 Å². The summed E-state index contributed by atoms with van der Waals surface area (Å²) in [6.07, 6.45) is 6.12. The number of thioether (sulfide) groups is 3. The number of benzene rings is 3. The monoisotopic (exact) mass is 465 g/mol. The number of aliphatic imine (C=N–C) groups is 1. The first-order valence-corrected chi connectivity index (χ1v) is 13.8. The standard InChI is InChI=1S/C27H31NS3/c1-2-3-4-14-21-29-26(28-23-15-8-5-9-16-23)22-27(30-24-17-10-6-11-18-24)31-25-19-12-7-13-20-25/h5-13,15-20,27H,2-4,14,21-22H2,1H3. The topological polar surface area (TPSA) is 12.4 Å². The molecular weight excluding hydrogens is 435 g/mol. The zero-order valence-electron chi connectivity index (χ0n) is 18.2. The largest absolute Gasteiger partial charge is 0.247 e. The highest BCUT2D eigenvalue weighted by molar-refractivity contribution is 8.17. The molecule has 0 aliphatic rings. The molecule has 3 aromatic carbocycles. The van der Waals surface area contributed by atoms with E-state index in [0.29, 0.717) is 4.58 Å². The summed E-state index contributed by atoms with van der Waals surface area (Å²) in [5, 5.41) is 1.24. The van der Waals surface area contributed by atoms with E-state index in [1.807, 2.05) is 35.3 Å². The Bertz CT molecular complexity index is 841. The van der Waals surface area contributed by atoms with Crippen molar-refractivity contribution in [3.63, 3.8) is 0 Å². The predicted molar refractivity (Wildman–Crippen MR) is 143 cm³/mol. The first kappa shape index (κ1) is 24.0. The molecule has 0 saturated heterocycles. The van der Waals surface area contributed by atoms with Gasteiger partial charge in [-0.3, -0.25) is 0 Å². The molecule has 0 heterocycles. The lowest BCUT2D eigenvalue weighted by molar-refractivity contribution is 0.707. The molecule has 0 fully saturated rings. The molecule has 0 spiro atoms. The Labute approximate surface area is 200 Å². The van der Waals surface area contributed by atoms with Gasteiger partial charge in [0.25, 0.3) is 0 Å². The minimum Gasteiger partial charge on any atom is -0.247 e. The fraction of sp³-hybridized carbons (Fsp3) is 0.296. The van der Waals surface area contributed by atoms with Gasteiger partial charge in [-0.05, 0) is 48.6 Å². The molecule has 0 amide bonds. The van der Waals surface area contributed by atoms with E-state index in [4.69, 9.17) is 4.99 Å². The summed E-state index contributed by atoms with van der Waals surface area (Å²) >= 11 is 5.82. The lowest BCUT2D eigenvalue weighted by Gasteiger charge is -2.18. The molecule has 3 rings (SSSR count). The lowest BCUT2D eigenvalue weighted by Crippen LogP contribution is -2.06. The van der Waals surface area contributed by atoms with Crippen molar-refractivity contribution in [3.05, 3.63) is 91.0 Å². The predicted octanol–water partition coefficient (Wildman–Crippen LogP) is 9.33. The highest BCUT2D eigenvalue weighted by Gasteiger charge is 2.16. The van der Waals surface area contributed by atoms with Crippen LogP contribution in [-0.4, -0.2) is 15.4 Å². The second-order valence-electron chi connectivity index (χ2n) is 7.25. The van der Waals surface area contributed by atoms with Crippen LogP contribution in [-0.2, 0) is 0 Å². The third kappa shape index (κ3) is 9.59. The van der Waals surface area contributed by atoms with Gasteiger partial charge < -0.3 is 0 Å². The van der Waals surface area contributed by atoms with Gasteiger partial charge in [-0.1, -0.05) is 80.8 Å². The van der Waals surface area contributed by atoms with Crippen molar-refractivity contribution in [2.75, 3.05) is 5.75 Å². The van der Waals surface area contributed by atoms with E-state index < -0.39 is 0 Å². The van der Waals surface area contributed by atoms with Crippen LogP contribution < -0.4 is 0 Å². The maximum absolute atomic E-state index is 5.05. The van der Waals surface area contributed by atoms with Gasteiger partial charge in [-0.25, -0.2) is 4.99 Å². The van der Waals surface area contributed by atoms with Crippen LogP contribution in [0.1, 0.15) is 39.0 Å². The first-order chi connectivity index (χ1) is 15.3. The Morgan fingerprint density at radius 1 is 0.710 bits per heavy atom. The van der Waals surface area contributed by atoms with Gasteiger partial charge in [0.2, 0.25) is 0 Å². The van der Waals surface area contributed by atoms with E-state index in [2.05, 4.69) is 97.9 Å². The van der Waals surface area contributed by atoms with Crippen LogP contribution in [0, 0.1) is 0 Å². The van der Waals surface area contributed by atoms with Gasteiger partial charge in [-0.15, -0.1) is 35.3 Å². The fourth-order valence-electron chi connectivity index (χ4n) is 3.05. The fourth-order valence-corrected chi connectivity index (χ4v) is 6.88. The zero-order valence-corrected chi connectivity index (χ0v) is 20.6. The number of unbranched alkanes of at least 4 members (excludes halogenated alkanes) is 3. The van der Waals surface area contributed by atoms with Gasteiger partial charge in [0, 0.05) is 16.2 Å². The number of hydrogen-bond acceptors (Lipinski definition) is 4. The molecule has 4 heteroatoms. The molecule has 3 aromatic rings. The molecule has 0 aliphatic carbocycles. The molecule has 0 N–H and O–H groups in total. The molecule has 0 aliphatic heterocycles. The van der Waals surface area contributed by atoms with E-state index in [1.54, 1.807) is 0 Å². The average Bonchev–Trinajstić information content (AvgIpc) is 2.81. The number of hydrogen-bond donors (Lipinski definition) is 0. The quantitative estimate of drug-likeness (QED) is 0.0869. The normalized spacial score (nSPS) is 11.7. The second kappa shape index (κ2) is 14.4. The summed E-state index contributed by atoms with van der Waals surface area (Å²) in [6.45, 7) is 2.27. The molecule has 0 unspecified atom stereocenters. The lowest BCUT2D eigenvalue weighted by atomic mass is 10.2. The summed E-state index contributed by atoms with van der Waals surface area (Å²) < 4.78 is 0.371. The van der Waals surface area contributed by atoms with Gasteiger partial charge in [0.15, 0.2) is 0 Å². The van der Waals surface area contributed by atoms with Gasteiger partial charge >= 0.3 is 0 Å². The Morgan fingerprint density at radius 2 is 1.26 bits per heavy atom. The second-order valence-corrected chi connectivity index (χ2v) is 11.3. The minimum absolute atomic E-state index is 0.371. The van der Waals surface area contributed by atoms with Crippen LogP contribution in [0.2, 0.25) is 0 Å². The Hall–Kier alpha value is -1.62. The Morgan fingerprint density at radius 3 is 1.81 bits per heavy atom. The number of nitrogens with zero attached hydrogens (tertiary/aromatic N) is 1. The smallest absolute Gasteiger partial charge is 0.0758 e. The zero-order chi connectivity index (χ0) is 21.6. The molecule has 0 atom stereocenters. The number of rotatable bonds is 12. The van der Waals surface area contributed by atoms with Crippen LogP contribution in [0.25, 0.3) is 0 Å². The van der Waals surface area contributed by atoms with Crippen LogP contribution >= 0.6 is 35.3 Å². The van der Waals surface area contributed by atoms with Crippen LogP contribution in [0.4, 0.5) is 5.69 Å². The maximum atomic E-state index is 5.05. The van der Waals surface area contributed by atoms with Crippen molar-refractivity contribution in [3.8, 4) is 0 Å². The van der Waals surface area contributed by atoms with Crippen molar-refractivity contribution >= 4 is 46.0 Å². The van der Waals surface area contributed by atoms with Crippen LogP contribution in [0.15, 0.2) is 106 Å². The van der Waals surface area contributed by atoms with Crippen molar-refractivity contribution in [2.24, 2.45) is 4.99 Å². The van der Waals surface area contributed by atoms with Gasteiger partial charge in [0.1, 0.15) is 0 Å². The molecule has 0 aromatic heterocycles. The van der Waals surface area contributed by atoms with E-state index in [-0.39, 0.29) is 0 Å². The Balaban J connectivity index is 1.75. The van der Waals surface area contributed by atoms with Crippen molar-refractivity contribution in [1.82, 2.24) is 0 Å². The number of para-hydroxylation sites is 1. The molecule has 1 nitrogen and oxygen atoms in total. The third-order valence-electron chi connectivity index (χ3n) is 4.64. The Kier molecular flexibility index (Phi) is 11.2. The van der Waals surface area contributed by atoms with E-state index in [1.165, 1.54) is 40.5 Å². The molecular formula is C27H31NS3. The van der Waals surface area contributed by atoms with Gasteiger partial charge in [-0.2, -0.15) is 0 Å². The highest BCUT2D eigenvalue weighted by atomic mass is 32.2. The highest BCUT2D eigenvalue weighted by Crippen LogP contribution is 2.39. The molecule has 0 saturated carbocycles. The first-order valence-electron chi connectivity index (χ1n) is 11.0. The summed E-state index contributed by atoms with van der Waals surface area (Å²) in [5.41, 5.74) is 1.05. The summed E-state index contributed by atoms with van der Waals surface area (Å²) in [6, 6.07) is 31.8. The van der Waals surface area contributed by atoms with E-state index >= 15 is 0 Å². The molecule has 162 valence electrons. The average molecular weight is 466 g/mol. The van der Waals surface area contributed by atoms with E-state index in [0.717, 1.165) is 17.9 Å².